The highest BCUT2D eigenvalue weighted by atomic mass is 16.7. The van der Waals surface area contributed by atoms with Crippen molar-refractivity contribution >= 4 is 11.6 Å². The molecule has 1 atom stereocenters. The van der Waals surface area contributed by atoms with Crippen molar-refractivity contribution in [1.82, 2.24) is 4.90 Å². The minimum absolute atomic E-state index is 0.0952. The molecule has 0 saturated carbocycles. The maximum absolute atomic E-state index is 12.4. The molecule has 2 aromatic rings. The summed E-state index contributed by atoms with van der Waals surface area (Å²) in [5, 5.41) is 0. The molecule has 0 aromatic heterocycles. The molecule has 1 amide bonds. The smallest absolute Gasteiger partial charge is 0.231 e. The van der Waals surface area contributed by atoms with Gasteiger partial charge in [0.25, 0.3) is 0 Å². The topological polar surface area (TPSA) is 51.2 Å². The average Bonchev–Trinajstić information content (AvgIpc) is 3.40. The molecule has 1 saturated heterocycles. The van der Waals surface area contributed by atoms with E-state index in [1.807, 2.05) is 35.2 Å². The molecule has 0 spiro atoms. The van der Waals surface area contributed by atoms with E-state index in [2.05, 4.69) is 24.0 Å². The fraction of sp³-hybridized carbons (Fsp3) is 0.435. The van der Waals surface area contributed by atoms with Crippen molar-refractivity contribution in [2.45, 2.75) is 39.3 Å². The zero-order chi connectivity index (χ0) is 20.2. The Morgan fingerprint density at radius 3 is 2.72 bits per heavy atom. The molecule has 2 aromatic carbocycles. The zero-order valence-corrected chi connectivity index (χ0v) is 17.1. The summed E-state index contributed by atoms with van der Waals surface area (Å²) in [6, 6.07) is 14.3. The second-order valence-corrected chi connectivity index (χ2v) is 7.57. The summed E-state index contributed by atoms with van der Waals surface area (Å²) in [7, 11) is 0. The first-order valence-electron chi connectivity index (χ1n) is 10.3. The third-order valence-corrected chi connectivity index (χ3v) is 5.47. The van der Waals surface area contributed by atoms with Crippen LogP contribution >= 0.6 is 0 Å². The molecule has 29 heavy (non-hydrogen) atoms. The molecule has 6 nitrogen and oxygen atoms in total. The molecule has 0 bridgehead atoms. The number of benzene rings is 2. The summed E-state index contributed by atoms with van der Waals surface area (Å²) in [5.41, 5.74) is 2.23. The standard InChI is InChI=1S/C23H28N2O4/c1-3-12-27-21-7-5-19(6-8-21)24-11-10-20(15-24)25(17(2)26)14-18-4-9-22-23(13-18)29-16-28-22/h4-9,13,20H,3,10-12,14-16H2,1-2H3/t20-/m1/s1. The number of ether oxygens (including phenoxy) is 3. The summed E-state index contributed by atoms with van der Waals surface area (Å²) in [6.07, 6.45) is 1.96. The Morgan fingerprint density at radius 2 is 1.97 bits per heavy atom. The number of anilines is 1. The lowest BCUT2D eigenvalue weighted by Crippen LogP contribution is -2.40. The highest BCUT2D eigenvalue weighted by molar-refractivity contribution is 5.74. The molecular formula is C23H28N2O4. The zero-order valence-electron chi connectivity index (χ0n) is 17.1. The Kier molecular flexibility index (Phi) is 5.79. The molecule has 2 aliphatic heterocycles. The van der Waals surface area contributed by atoms with Crippen LogP contribution in [0.3, 0.4) is 0 Å². The first-order valence-corrected chi connectivity index (χ1v) is 10.3. The molecule has 4 rings (SSSR count). The Morgan fingerprint density at radius 1 is 1.17 bits per heavy atom. The van der Waals surface area contributed by atoms with Crippen LogP contribution < -0.4 is 19.1 Å². The van der Waals surface area contributed by atoms with Crippen LogP contribution in [0.4, 0.5) is 5.69 Å². The molecule has 1 fully saturated rings. The fourth-order valence-electron chi connectivity index (χ4n) is 3.94. The Balaban J connectivity index is 1.41. The van der Waals surface area contributed by atoms with E-state index in [9.17, 15) is 4.79 Å². The van der Waals surface area contributed by atoms with Crippen molar-refractivity contribution in [2.75, 3.05) is 31.4 Å². The fourth-order valence-corrected chi connectivity index (χ4v) is 3.94. The highest BCUT2D eigenvalue weighted by Gasteiger charge is 2.30. The quantitative estimate of drug-likeness (QED) is 0.712. The largest absolute Gasteiger partial charge is 0.494 e. The number of fused-ring (bicyclic) bond motifs is 1. The van der Waals surface area contributed by atoms with Gasteiger partial charge in [0.1, 0.15) is 5.75 Å². The minimum atomic E-state index is 0.0952. The SMILES string of the molecule is CCCOc1ccc(N2CC[C@@H](N(Cc3ccc4c(c3)OCO4)C(C)=O)C2)cc1. The summed E-state index contributed by atoms with van der Waals surface area (Å²) in [4.78, 5) is 16.7. The number of hydrogen-bond donors (Lipinski definition) is 0. The van der Waals surface area contributed by atoms with Crippen molar-refractivity contribution in [2.24, 2.45) is 0 Å². The molecule has 0 radical (unpaired) electrons. The predicted molar refractivity (Wildman–Crippen MR) is 112 cm³/mol. The van der Waals surface area contributed by atoms with E-state index in [0.29, 0.717) is 6.54 Å². The van der Waals surface area contributed by atoms with Crippen LogP contribution in [0, 0.1) is 0 Å². The van der Waals surface area contributed by atoms with Crippen LogP contribution in [0.1, 0.15) is 32.3 Å². The Hall–Kier alpha value is -2.89. The van der Waals surface area contributed by atoms with Gasteiger partial charge in [0.15, 0.2) is 11.5 Å². The number of carbonyl (C=O) groups excluding carboxylic acids is 1. The van der Waals surface area contributed by atoms with Crippen LogP contribution in [0.5, 0.6) is 17.2 Å². The highest BCUT2D eigenvalue weighted by Crippen LogP contribution is 2.33. The molecule has 0 aliphatic carbocycles. The van der Waals surface area contributed by atoms with Crippen molar-refractivity contribution in [3.05, 3.63) is 48.0 Å². The third-order valence-electron chi connectivity index (χ3n) is 5.47. The Labute approximate surface area is 172 Å². The van der Waals surface area contributed by atoms with Gasteiger partial charge in [-0.05, 0) is 54.8 Å². The molecule has 154 valence electrons. The van der Waals surface area contributed by atoms with E-state index in [0.717, 1.165) is 55.4 Å². The lowest BCUT2D eigenvalue weighted by Gasteiger charge is -2.28. The average molecular weight is 396 g/mol. The normalized spacial score (nSPS) is 17.4. The monoisotopic (exact) mass is 396 g/mol. The number of nitrogens with zero attached hydrogens (tertiary/aromatic N) is 2. The van der Waals surface area contributed by atoms with Gasteiger partial charge in [0.2, 0.25) is 12.7 Å². The van der Waals surface area contributed by atoms with E-state index in [-0.39, 0.29) is 18.7 Å². The number of rotatable bonds is 7. The molecule has 0 unspecified atom stereocenters. The second kappa shape index (κ2) is 8.64. The summed E-state index contributed by atoms with van der Waals surface area (Å²) >= 11 is 0. The lowest BCUT2D eigenvalue weighted by atomic mass is 10.1. The van der Waals surface area contributed by atoms with E-state index in [4.69, 9.17) is 14.2 Å². The number of carbonyl (C=O) groups is 1. The first-order chi connectivity index (χ1) is 14.1. The van der Waals surface area contributed by atoms with Crippen LogP contribution in [0.25, 0.3) is 0 Å². The summed E-state index contributed by atoms with van der Waals surface area (Å²) < 4.78 is 16.5. The van der Waals surface area contributed by atoms with E-state index in [1.54, 1.807) is 6.92 Å². The van der Waals surface area contributed by atoms with Crippen LogP contribution in [0.2, 0.25) is 0 Å². The van der Waals surface area contributed by atoms with Crippen molar-refractivity contribution in [3.8, 4) is 17.2 Å². The van der Waals surface area contributed by atoms with E-state index < -0.39 is 0 Å². The van der Waals surface area contributed by atoms with E-state index >= 15 is 0 Å². The summed E-state index contributed by atoms with van der Waals surface area (Å²) in [5.74, 6) is 2.52. The maximum atomic E-state index is 12.4. The van der Waals surface area contributed by atoms with E-state index in [1.165, 1.54) is 5.69 Å². The van der Waals surface area contributed by atoms with Gasteiger partial charge in [-0.3, -0.25) is 4.79 Å². The molecule has 0 N–H and O–H groups in total. The first kappa shape index (κ1) is 19.4. The Bertz CT molecular complexity index is 852. The van der Waals surface area contributed by atoms with Gasteiger partial charge in [0, 0.05) is 32.2 Å². The molecular weight excluding hydrogens is 368 g/mol. The number of hydrogen-bond acceptors (Lipinski definition) is 5. The van der Waals surface area contributed by atoms with Gasteiger partial charge < -0.3 is 24.0 Å². The van der Waals surface area contributed by atoms with Gasteiger partial charge in [0.05, 0.1) is 12.6 Å². The predicted octanol–water partition coefficient (Wildman–Crippen LogP) is 3.83. The summed E-state index contributed by atoms with van der Waals surface area (Å²) in [6.45, 7) is 7.09. The van der Waals surface area contributed by atoms with Gasteiger partial charge in [-0.1, -0.05) is 13.0 Å². The van der Waals surface area contributed by atoms with Crippen LogP contribution in [-0.2, 0) is 11.3 Å². The van der Waals surface area contributed by atoms with Gasteiger partial charge in [-0.2, -0.15) is 0 Å². The van der Waals surface area contributed by atoms with Gasteiger partial charge >= 0.3 is 0 Å². The molecule has 6 heteroatoms. The second-order valence-electron chi connectivity index (χ2n) is 7.57. The maximum Gasteiger partial charge on any atom is 0.231 e. The number of amides is 1. The van der Waals surface area contributed by atoms with Crippen LogP contribution in [-0.4, -0.2) is 43.3 Å². The third kappa shape index (κ3) is 4.42. The van der Waals surface area contributed by atoms with Crippen molar-refractivity contribution < 1.29 is 19.0 Å². The molecule has 2 heterocycles. The van der Waals surface area contributed by atoms with Crippen LogP contribution in [0.15, 0.2) is 42.5 Å². The van der Waals surface area contributed by atoms with Crippen molar-refractivity contribution in [3.63, 3.8) is 0 Å². The van der Waals surface area contributed by atoms with Gasteiger partial charge in [-0.25, -0.2) is 0 Å². The lowest BCUT2D eigenvalue weighted by molar-refractivity contribution is -0.131. The minimum Gasteiger partial charge on any atom is -0.494 e. The van der Waals surface area contributed by atoms with Crippen molar-refractivity contribution in [1.29, 1.82) is 0 Å². The van der Waals surface area contributed by atoms with Gasteiger partial charge in [-0.15, -0.1) is 0 Å². The molecule has 2 aliphatic rings.